The Balaban J connectivity index is 3.13. The van der Waals surface area contributed by atoms with Gasteiger partial charge in [-0.3, -0.25) is 0 Å². The minimum Gasteiger partial charge on any atom is -0.541 e. The lowest BCUT2D eigenvalue weighted by atomic mass is 10.2. The molecule has 0 aliphatic carbocycles. The third-order valence-corrected chi connectivity index (χ3v) is 7.94. The largest absolute Gasteiger partial charge is 0.541 e. The molecule has 3 heteroatoms. The Kier molecular flexibility index (Phi) is 4.27. The minimum atomic E-state index is -1.84. The van der Waals surface area contributed by atoms with Crippen LogP contribution in [0.25, 0.3) is 6.08 Å². The Morgan fingerprint density at radius 2 is 1.78 bits per heavy atom. The second-order valence-corrected chi connectivity index (χ2v) is 10.7. The smallest absolute Gasteiger partial charge is 0.250 e. The zero-order valence-electron chi connectivity index (χ0n) is 12.3. The van der Waals surface area contributed by atoms with Crippen LogP contribution in [-0.2, 0) is 0 Å². The molecular weight excluding hydrogens is 240 g/mol. The van der Waals surface area contributed by atoms with Crippen molar-refractivity contribution in [1.29, 1.82) is 0 Å². The SMILES string of the molecule is C=Cc1ccc(OC)c(O[Si](C)(C)C(C)(C)C)c1. The average Bonchev–Trinajstić information content (AvgIpc) is 2.26. The summed E-state index contributed by atoms with van der Waals surface area (Å²) in [7, 11) is -0.175. The maximum atomic E-state index is 6.30. The number of hydrogen-bond donors (Lipinski definition) is 0. The number of benzene rings is 1. The Bertz CT molecular complexity index is 431. The summed E-state index contributed by atoms with van der Waals surface area (Å²) >= 11 is 0. The molecule has 100 valence electrons. The Morgan fingerprint density at radius 1 is 1.17 bits per heavy atom. The molecule has 2 nitrogen and oxygen atoms in total. The summed E-state index contributed by atoms with van der Waals surface area (Å²) in [5.74, 6) is 1.60. The summed E-state index contributed by atoms with van der Waals surface area (Å²) in [5, 5.41) is 0.169. The maximum absolute atomic E-state index is 6.30. The molecule has 0 N–H and O–H groups in total. The van der Waals surface area contributed by atoms with Crippen molar-refractivity contribution in [2.45, 2.75) is 38.9 Å². The Labute approximate surface area is 112 Å². The summed E-state index contributed by atoms with van der Waals surface area (Å²) < 4.78 is 11.7. The number of methoxy groups -OCH3 is 1. The van der Waals surface area contributed by atoms with E-state index in [-0.39, 0.29) is 5.04 Å². The van der Waals surface area contributed by atoms with E-state index in [9.17, 15) is 0 Å². The van der Waals surface area contributed by atoms with E-state index in [1.807, 2.05) is 24.3 Å². The molecular formula is C15H24O2Si. The molecule has 1 aromatic rings. The molecule has 0 atom stereocenters. The van der Waals surface area contributed by atoms with E-state index in [1.165, 1.54) is 0 Å². The Morgan fingerprint density at radius 3 is 2.22 bits per heavy atom. The van der Waals surface area contributed by atoms with E-state index in [1.54, 1.807) is 7.11 Å². The fourth-order valence-corrected chi connectivity index (χ4v) is 2.34. The van der Waals surface area contributed by atoms with Crippen LogP contribution in [0.5, 0.6) is 11.5 Å². The van der Waals surface area contributed by atoms with Gasteiger partial charge in [-0.2, -0.15) is 0 Å². The quantitative estimate of drug-likeness (QED) is 0.732. The lowest BCUT2D eigenvalue weighted by molar-refractivity contribution is 0.386. The van der Waals surface area contributed by atoms with Crippen molar-refractivity contribution in [2.24, 2.45) is 0 Å². The predicted molar refractivity (Wildman–Crippen MR) is 80.9 cm³/mol. The van der Waals surface area contributed by atoms with Gasteiger partial charge >= 0.3 is 0 Å². The highest BCUT2D eigenvalue weighted by Crippen LogP contribution is 2.40. The fourth-order valence-electron chi connectivity index (χ4n) is 1.33. The van der Waals surface area contributed by atoms with Gasteiger partial charge in [-0.15, -0.1) is 0 Å². The van der Waals surface area contributed by atoms with Crippen LogP contribution in [0.3, 0.4) is 0 Å². The first-order chi connectivity index (χ1) is 8.21. The number of hydrogen-bond acceptors (Lipinski definition) is 2. The topological polar surface area (TPSA) is 18.5 Å². The molecule has 0 saturated heterocycles. The van der Waals surface area contributed by atoms with E-state index in [0.717, 1.165) is 17.1 Å². The minimum absolute atomic E-state index is 0.169. The molecule has 0 bridgehead atoms. The van der Waals surface area contributed by atoms with Crippen LogP contribution in [0.1, 0.15) is 26.3 Å². The second-order valence-electron chi connectivity index (χ2n) is 5.98. The zero-order valence-corrected chi connectivity index (χ0v) is 13.3. The van der Waals surface area contributed by atoms with Crippen LogP contribution in [0.4, 0.5) is 0 Å². The first kappa shape index (κ1) is 14.8. The summed E-state index contributed by atoms with van der Waals surface area (Å²) in [6, 6.07) is 5.90. The van der Waals surface area contributed by atoms with E-state index in [2.05, 4.69) is 40.4 Å². The average molecular weight is 264 g/mol. The van der Waals surface area contributed by atoms with Gasteiger partial charge in [0.25, 0.3) is 8.32 Å². The highest BCUT2D eigenvalue weighted by atomic mass is 28.4. The van der Waals surface area contributed by atoms with Crippen LogP contribution >= 0.6 is 0 Å². The van der Waals surface area contributed by atoms with Crippen molar-refractivity contribution in [3.05, 3.63) is 30.3 Å². The first-order valence-electron chi connectivity index (χ1n) is 6.21. The van der Waals surface area contributed by atoms with Gasteiger partial charge in [-0.05, 0) is 35.8 Å². The van der Waals surface area contributed by atoms with Gasteiger partial charge in [-0.1, -0.05) is 39.5 Å². The molecule has 0 amide bonds. The molecule has 0 saturated carbocycles. The molecule has 0 unspecified atom stereocenters. The van der Waals surface area contributed by atoms with Gasteiger partial charge in [0.05, 0.1) is 7.11 Å². The van der Waals surface area contributed by atoms with Crippen molar-refractivity contribution < 1.29 is 9.16 Å². The molecule has 0 spiro atoms. The number of ether oxygens (including phenoxy) is 1. The van der Waals surface area contributed by atoms with E-state index < -0.39 is 8.32 Å². The van der Waals surface area contributed by atoms with Crippen LogP contribution < -0.4 is 9.16 Å². The molecule has 0 aliphatic heterocycles. The fraction of sp³-hybridized carbons (Fsp3) is 0.467. The molecule has 0 fully saturated rings. The normalized spacial score (nSPS) is 12.1. The van der Waals surface area contributed by atoms with Crippen molar-refractivity contribution in [3.8, 4) is 11.5 Å². The zero-order chi connectivity index (χ0) is 14.0. The third kappa shape index (κ3) is 3.16. The van der Waals surface area contributed by atoms with Gasteiger partial charge in [0.2, 0.25) is 0 Å². The second kappa shape index (κ2) is 5.18. The van der Waals surface area contributed by atoms with Gasteiger partial charge in [0.15, 0.2) is 5.75 Å². The summed E-state index contributed by atoms with van der Waals surface area (Å²) in [5.41, 5.74) is 1.05. The molecule has 0 aromatic heterocycles. The van der Waals surface area contributed by atoms with Crippen LogP contribution in [0.2, 0.25) is 18.1 Å². The molecule has 18 heavy (non-hydrogen) atoms. The van der Waals surface area contributed by atoms with Gasteiger partial charge in [0, 0.05) is 0 Å². The van der Waals surface area contributed by atoms with Crippen molar-refractivity contribution in [1.82, 2.24) is 0 Å². The summed E-state index contributed by atoms with van der Waals surface area (Å²) in [4.78, 5) is 0. The highest BCUT2D eigenvalue weighted by molar-refractivity contribution is 6.74. The van der Waals surface area contributed by atoms with E-state index in [4.69, 9.17) is 9.16 Å². The Hall–Kier alpha value is -1.22. The third-order valence-electron chi connectivity index (χ3n) is 3.59. The number of rotatable bonds is 4. The maximum Gasteiger partial charge on any atom is 0.250 e. The molecule has 1 rings (SSSR count). The van der Waals surface area contributed by atoms with Crippen LogP contribution in [0.15, 0.2) is 24.8 Å². The lowest BCUT2D eigenvalue weighted by Crippen LogP contribution is -2.43. The predicted octanol–water partition coefficient (Wildman–Crippen LogP) is 4.72. The van der Waals surface area contributed by atoms with E-state index in [0.29, 0.717) is 0 Å². The standard InChI is InChI=1S/C15H24O2Si/c1-8-12-9-10-13(16-5)14(11-12)17-18(6,7)15(2,3)4/h8-11H,1H2,2-7H3. The van der Waals surface area contributed by atoms with Crippen LogP contribution in [0, 0.1) is 0 Å². The summed E-state index contributed by atoms with van der Waals surface area (Å²) in [6.07, 6.45) is 1.82. The van der Waals surface area contributed by atoms with Crippen molar-refractivity contribution in [3.63, 3.8) is 0 Å². The molecule has 0 heterocycles. The highest BCUT2D eigenvalue weighted by Gasteiger charge is 2.39. The van der Waals surface area contributed by atoms with Gasteiger partial charge in [0.1, 0.15) is 5.75 Å². The van der Waals surface area contributed by atoms with Gasteiger partial charge < -0.3 is 9.16 Å². The van der Waals surface area contributed by atoms with Gasteiger partial charge in [-0.25, -0.2) is 0 Å². The molecule has 0 radical (unpaired) electrons. The van der Waals surface area contributed by atoms with Crippen molar-refractivity contribution in [2.75, 3.05) is 7.11 Å². The lowest BCUT2D eigenvalue weighted by Gasteiger charge is -2.36. The molecule has 0 aliphatic rings. The van der Waals surface area contributed by atoms with E-state index >= 15 is 0 Å². The first-order valence-corrected chi connectivity index (χ1v) is 9.11. The van der Waals surface area contributed by atoms with Crippen LogP contribution in [-0.4, -0.2) is 15.4 Å². The summed E-state index contributed by atoms with van der Waals surface area (Å²) in [6.45, 7) is 14.9. The van der Waals surface area contributed by atoms with Crippen molar-refractivity contribution >= 4 is 14.4 Å². The molecule has 1 aromatic carbocycles. The monoisotopic (exact) mass is 264 g/mol.